The molecule has 17 heavy (non-hydrogen) atoms. The van der Waals surface area contributed by atoms with Crippen molar-refractivity contribution in [3.8, 4) is 0 Å². The predicted octanol–water partition coefficient (Wildman–Crippen LogP) is 0.869. The molecular weight excluding hydrogens is 224 g/mol. The number of nitrogens with zero attached hydrogens (tertiary/aromatic N) is 1. The van der Waals surface area contributed by atoms with Crippen LogP contribution in [0.25, 0.3) is 0 Å². The fourth-order valence-corrected chi connectivity index (χ4v) is 1.53. The molecule has 6 nitrogen and oxygen atoms in total. The molecule has 0 saturated heterocycles. The molecule has 0 aliphatic carbocycles. The molecule has 1 rings (SSSR count). The highest BCUT2D eigenvalue weighted by molar-refractivity contribution is 5.85. The second-order valence-corrected chi connectivity index (χ2v) is 4.37. The van der Waals surface area contributed by atoms with E-state index in [1.165, 1.54) is 6.07 Å². The Labute approximate surface area is 99.6 Å². The van der Waals surface area contributed by atoms with Gasteiger partial charge < -0.3 is 20.1 Å². The van der Waals surface area contributed by atoms with Crippen molar-refractivity contribution in [1.29, 1.82) is 0 Å². The van der Waals surface area contributed by atoms with Crippen LogP contribution in [0.1, 0.15) is 36.5 Å². The fraction of sp³-hybridized carbons (Fsp3) is 0.636. The van der Waals surface area contributed by atoms with E-state index in [0.29, 0.717) is 18.2 Å². The van der Waals surface area contributed by atoms with Gasteiger partial charge in [-0.2, -0.15) is 0 Å². The number of carboxylic acid groups (broad SMARTS) is 1. The molecule has 0 aliphatic heterocycles. The van der Waals surface area contributed by atoms with Gasteiger partial charge in [0, 0.05) is 12.1 Å². The van der Waals surface area contributed by atoms with Crippen molar-refractivity contribution in [3.05, 3.63) is 17.5 Å². The lowest BCUT2D eigenvalue weighted by molar-refractivity contribution is 0.0685. The molecule has 6 heteroatoms. The Hall–Kier alpha value is -1.40. The minimum atomic E-state index is -1.11. The van der Waals surface area contributed by atoms with Gasteiger partial charge in [0.2, 0.25) is 0 Å². The molecule has 1 aromatic heterocycles. The van der Waals surface area contributed by atoms with Crippen LogP contribution < -0.4 is 5.32 Å². The predicted molar refractivity (Wildman–Crippen MR) is 60.6 cm³/mol. The minimum absolute atomic E-state index is 0.0200. The van der Waals surface area contributed by atoms with Gasteiger partial charge >= 0.3 is 5.97 Å². The molecule has 0 amide bonds. The monoisotopic (exact) mass is 242 g/mol. The Balaban J connectivity index is 2.45. The molecule has 0 aliphatic rings. The molecule has 1 atom stereocenters. The number of rotatable bonds is 7. The molecule has 1 unspecified atom stereocenters. The lowest BCUT2D eigenvalue weighted by Crippen LogP contribution is -2.33. The standard InChI is InChI=1S/C11H18N2O4/c1-7(2)3-8(6-14)12-5-9-4-10(11(15)16)13-17-9/h4,7-8,12,14H,3,5-6H2,1-2H3,(H,15,16). The Morgan fingerprint density at radius 2 is 2.29 bits per heavy atom. The summed E-state index contributed by atoms with van der Waals surface area (Å²) in [5.74, 6) is -0.186. The van der Waals surface area contributed by atoms with Crippen LogP contribution in [0.3, 0.4) is 0 Å². The van der Waals surface area contributed by atoms with E-state index in [1.54, 1.807) is 0 Å². The van der Waals surface area contributed by atoms with Crippen molar-refractivity contribution in [2.24, 2.45) is 5.92 Å². The number of aromatic nitrogens is 1. The van der Waals surface area contributed by atoms with Crippen LogP contribution in [0.15, 0.2) is 10.6 Å². The topological polar surface area (TPSA) is 95.6 Å². The Kier molecular flexibility index (Phi) is 5.11. The van der Waals surface area contributed by atoms with E-state index in [4.69, 9.17) is 14.7 Å². The summed E-state index contributed by atoms with van der Waals surface area (Å²) in [5.41, 5.74) is -0.105. The molecule has 0 bridgehead atoms. The maximum Gasteiger partial charge on any atom is 0.358 e. The first-order chi connectivity index (χ1) is 8.02. The largest absolute Gasteiger partial charge is 0.476 e. The van der Waals surface area contributed by atoms with Gasteiger partial charge in [-0.05, 0) is 12.3 Å². The first-order valence-electron chi connectivity index (χ1n) is 5.56. The average molecular weight is 242 g/mol. The van der Waals surface area contributed by atoms with E-state index in [1.807, 2.05) is 0 Å². The Morgan fingerprint density at radius 1 is 1.59 bits per heavy atom. The Morgan fingerprint density at radius 3 is 2.76 bits per heavy atom. The van der Waals surface area contributed by atoms with E-state index in [-0.39, 0.29) is 18.3 Å². The van der Waals surface area contributed by atoms with Gasteiger partial charge in [0.05, 0.1) is 13.2 Å². The van der Waals surface area contributed by atoms with Crippen LogP contribution in [0, 0.1) is 5.92 Å². The zero-order chi connectivity index (χ0) is 12.8. The van der Waals surface area contributed by atoms with Gasteiger partial charge in [-0.25, -0.2) is 4.79 Å². The first-order valence-corrected chi connectivity index (χ1v) is 5.56. The summed E-state index contributed by atoms with van der Waals surface area (Å²) >= 11 is 0. The van der Waals surface area contributed by atoms with Gasteiger partial charge in [-0.15, -0.1) is 0 Å². The van der Waals surface area contributed by atoms with Gasteiger partial charge in [-0.1, -0.05) is 19.0 Å². The molecule has 0 saturated carbocycles. The van der Waals surface area contributed by atoms with Crippen molar-refractivity contribution in [3.63, 3.8) is 0 Å². The maximum absolute atomic E-state index is 10.6. The number of hydrogen-bond acceptors (Lipinski definition) is 5. The van der Waals surface area contributed by atoms with Crippen molar-refractivity contribution in [1.82, 2.24) is 10.5 Å². The van der Waals surface area contributed by atoms with Gasteiger partial charge in [0.1, 0.15) is 0 Å². The van der Waals surface area contributed by atoms with E-state index < -0.39 is 5.97 Å². The highest BCUT2D eigenvalue weighted by Crippen LogP contribution is 2.07. The van der Waals surface area contributed by atoms with Gasteiger partial charge in [0.25, 0.3) is 0 Å². The van der Waals surface area contributed by atoms with Gasteiger partial charge in [-0.3, -0.25) is 0 Å². The number of hydrogen-bond donors (Lipinski definition) is 3. The first kappa shape index (κ1) is 13.7. The van der Waals surface area contributed by atoms with Crippen molar-refractivity contribution >= 4 is 5.97 Å². The number of carboxylic acids is 1. The fourth-order valence-electron chi connectivity index (χ4n) is 1.53. The third-order valence-electron chi connectivity index (χ3n) is 2.32. The zero-order valence-electron chi connectivity index (χ0n) is 10.0. The molecule has 96 valence electrons. The third kappa shape index (κ3) is 4.54. The van der Waals surface area contributed by atoms with Crippen LogP contribution in [0.5, 0.6) is 0 Å². The molecule has 3 N–H and O–H groups in total. The summed E-state index contributed by atoms with van der Waals surface area (Å²) in [4.78, 5) is 10.6. The smallest absolute Gasteiger partial charge is 0.358 e. The van der Waals surface area contributed by atoms with Gasteiger partial charge in [0.15, 0.2) is 11.5 Å². The van der Waals surface area contributed by atoms with Crippen LogP contribution >= 0.6 is 0 Å². The highest BCUT2D eigenvalue weighted by Gasteiger charge is 2.13. The SMILES string of the molecule is CC(C)CC(CO)NCc1cc(C(=O)O)no1. The number of aromatic carboxylic acids is 1. The van der Waals surface area contributed by atoms with Crippen molar-refractivity contribution < 1.29 is 19.5 Å². The average Bonchev–Trinajstić information content (AvgIpc) is 2.72. The number of carbonyl (C=O) groups is 1. The van der Waals surface area contributed by atoms with Crippen LogP contribution in [-0.2, 0) is 6.54 Å². The second kappa shape index (κ2) is 6.36. The normalized spacial score (nSPS) is 12.9. The minimum Gasteiger partial charge on any atom is -0.476 e. The van der Waals surface area contributed by atoms with Crippen molar-refractivity contribution in [2.45, 2.75) is 32.9 Å². The molecule has 1 heterocycles. The lowest BCUT2D eigenvalue weighted by atomic mass is 10.0. The summed E-state index contributed by atoms with van der Waals surface area (Å²) in [6, 6.07) is 1.35. The van der Waals surface area contributed by atoms with Crippen LogP contribution in [0.2, 0.25) is 0 Å². The molecule has 0 spiro atoms. The van der Waals surface area contributed by atoms with E-state index in [0.717, 1.165) is 6.42 Å². The molecule has 1 aromatic rings. The molecule has 0 aromatic carbocycles. The summed E-state index contributed by atoms with van der Waals surface area (Å²) in [5, 5.41) is 24.3. The van der Waals surface area contributed by atoms with Crippen molar-refractivity contribution in [2.75, 3.05) is 6.61 Å². The summed E-state index contributed by atoms with van der Waals surface area (Å²) in [6.45, 7) is 4.54. The zero-order valence-corrected chi connectivity index (χ0v) is 10.0. The maximum atomic E-state index is 10.6. The van der Waals surface area contributed by atoms with E-state index >= 15 is 0 Å². The van der Waals surface area contributed by atoms with E-state index in [2.05, 4.69) is 24.3 Å². The van der Waals surface area contributed by atoms with Crippen LogP contribution in [0.4, 0.5) is 0 Å². The highest BCUT2D eigenvalue weighted by atomic mass is 16.5. The summed E-state index contributed by atoms with van der Waals surface area (Å²) < 4.78 is 4.85. The lowest BCUT2D eigenvalue weighted by Gasteiger charge is -2.17. The number of nitrogens with one attached hydrogen (secondary N) is 1. The molecular formula is C11H18N2O4. The number of aliphatic hydroxyl groups is 1. The Bertz CT molecular complexity index is 362. The summed E-state index contributed by atoms with van der Waals surface area (Å²) in [6.07, 6.45) is 0.844. The quantitative estimate of drug-likeness (QED) is 0.656. The van der Waals surface area contributed by atoms with E-state index in [9.17, 15) is 4.79 Å². The molecule has 0 radical (unpaired) electrons. The second-order valence-electron chi connectivity index (χ2n) is 4.37. The number of aliphatic hydroxyl groups excluding tert-OH is 1. The molecule has 0 fully saturated rings. The summed E-state index contributed by atoms with van der Waals surface area (Å²) in [7, 11) is 0. The third-order valence-corrected chi connectivity index (χ3v) is 2.32. The van der Waals surface area contributed by atoms with Crippen LogP contribution in [-0.4, -0.2) is 34.0 Å².